The van der Waals surface area contributed by atoms with Crippen LogP contribution in [0.25, 0.3) is 17.0 Å². The molecule has 0 bridgehead atoms. The molecule has 1 amide bonds. The van der Waals surface area contributed by atoms with Crippen molar-refractivity contribution in [2.75, 3.05) is 5.32 Å². The summed E-state index contributed by atoms with van der Waals surface area (Å²) in [6, 6.07) is 16.1. The van der Waals surface area contributed by atoms with Crippen molar-refractivity contribution in [3.8, 4) is 0 Å². The summed E-state index contributed by atoms with van der Waals surface area (Å²) in [5.41, 5.74) is 4.29. The van der Waals surface area contributed by atoms with E-state index in [1.807, 2.05) is 49.5 Å². The van der Waals surface area contributed by atoms with E-state index < -0.39 is 0 Å². The van der Waals surface area contributed by atoms with Crippen LogP contribution in [0.5, 0.6) is 0 Å². The van der Waals surface area contributed by atoms with Gasteiger partial charge in [0.1, 0.15) is 0 Å². The predicted octanol–water partition coefficient (Wildman–Crippen LogP) is 3.93. The molecule has 2 aromatic carbocycles. The average Bonchev–Trinajstić information content (AvgIpc) is 3.03. The van der Waals surface area contributed by atoms with Crippen LogP contribution in [0.2, 0.25) is 0 Å². The first kappa shape index (κ1) is 12.9. The molecule has 1 atom stereocenters. The molecule has 0 radical (unpaired) electrons. The van der Waals surface area contributed by atoms with Crippen molar-refractivity contribution in [1.29, 1.82) is 0 Å². The van der Waals surface area contributed by atoms with Crippen molar-refractivity contribution < 1.29 is 4.79 Å². The van der Waals surface area contributed by atoms with E-state index in [4.69, 9.17) is 0 Å². The Kier molecular flexibility index (Phi) is 2.86. The van der Waals surface area contributed by atoms with Crippen molar-refractivity contribution in [3.05, 3.63) is 71.9 Å². The Bertz CT molecular complexity index is 905. The van der Waals surface area contributed by atoms with Gasteiger partial charge in [0.25, 0.3) is 0 Å². The predicted molar refractivity (Wildman–Crippen MR) is 89.8 cm³/mol. The van der Waals surface area contributed by atoms with Gasteiger partial charge in [-0.1, -0.05) is 48.6 Å². The molecule has 0 aliphatic carbocycles. The number of para-hydroxylation sites is 2. The van der Waals surface area contributed by atoms with Gasteiger partial charge in [-0.25, -0.2) is 0 Å². The number of aromatic nitrogens is 1. The number of hydrogen-bond acceptors (Lipinski definition) is 1. The topological polar surface area (TPSA) is 34.0 Å². The van der Waals surface area contributed by atoms with E-state index in [9.17, 15) is 4.79 Å². The zero-order valence-electron chi connectivity index (χ0n) is 12.3. The second-order valence-electron chi connectivity index (χ2n) is 5.63. The van der Waals surface area contributed by atoms with E-state index in [1.165, 1.54) is 10.9 Å². The van der Waals surface area contributed by atoms with Gasteiger partial charge in [-0.05, 0) is 23.3 Å². The number of fused-ring (bicyclic) bond motifs is 2. The van der Waals surface area contributed by atoms with Gasteiger partial charge in [0.05, 0.1) is 5.92 Å². The van der Waals surface area contributed by atoms with Crippen molar-refractivity contribution in [3.63, 3.8) is 0 Å². The van der Waals surface area contributed by atoms with Gasteiger partial charge in [-0.3, -0.25) is 4.79 Å². The van der Waals surface area contributed by atoms with Gasteiger partial charge in [-0.15, -0.1) is 0 Å². The highest BCUT2D eigenvalue weighted by Crippen LogP contribution is 2.33. The molecule has 1 unspecified atom stereocenters. The maximum atomic E-state index is 12.2. The third kappa shape index (κ3) is 1.94. The molecule has 0 saturated heterocycles. The van der Waals surface area contributed by atoms with E-state index in [0.717, 1.165) is 16.8 Å². The Balaban J connectivity index is 1.74. The number of anilines is 1. The number of nitrogens with one attached hydrogen (secondary N) is 1. The number of nitrogens with zero attached hydrogens (tertiary/aromatic N) is 1. The first-order chi connectivity index (χ1) is 10.7. The van der Waals surface area contributed by atoms with Crippen molar-refractivity contribution in [2.24, 2.45) is 7.05 Å². The second-order valence-corrected chi connectivity index (χ2v) is 5.63. The minimum atomic E-state index is -0.213. The number of benzene rings is 2. The van der Waals surface area contributed by atoms with E-state index in [-0.39, 0.29) is 11.8 Å². The molecule has 2 heterocycles. The van der Waals surface area contributed by atoms with Crippen LogP contribution < -0.4 is 5.32 Å². The van der Waals surface area contributed by atoms with Crippen LogP contribution in [0, 0.1) is 0 Å². The maximum Gasteiger partial charge on any atom is 0.235 e. The monoisotopic (exact) mass is 288 g/mol. The van der Waals surface area contributed by atoms with Gasteiger partial charge in [0.2, 0.25) is 5.91 Å². The molecule has 0 spiro atoms. The highest BCUT2D eigenvalue weighted by atomic mass is 16.2. The summed E-state index contributed by atoms with van der Waals surface area (Å²) in [6.07, 6.45) is 6.14. The largest absolute Gasteiger partial charge is 0.350 e. The van der Waals surface area contributed by atoms with Gasteiger partial charge in [-0.2, -0.15) is 0 Å². The summed E-state index contributed by atoms with van der Waals surface area (Å²) < 4.78 is 2.11. The van der Waals surface area contributed by atoms with Crippen LogP contribution in [0.4, 0.5) is 5.69 Å². The summed E-state index contributed by atoms with van der Waals surface area (Å²) in [5, 5.41) is 4.13. The molecule has 1 aliphatic rings. The Hall–Kier alpha value is -2.81. The molecule has 3 heteroatoms. The zero-order valence-corrected chi connectivity index (χ0v) is 12.3. The van der Waals surface area contributed by atoms with Crippen molar-refractivity contribution in [2.45, 2.75) is 5.92 Å². The highest BCUT2D eigenvalue weighted by Gasteiger charge is 2.27. The molecule has 1 aromatic heterocycles. The molecule has 3 nitrogen and oxygen atoms in total. The standard InChI is InChI=1S/C19H16N2O/c1-21-12-13(14-6-3-5-9-18(14)21)10-11-16-15-7-2-4-8-17(15)20-19(16)22/h2-12,16H,1H3,(H,20,22)/b11-10+. The maximum absolute atomic E-state index is 12.2. The lowest BCUT2D eigenvalue weighted by Crippen LogP contribution is -2.09. The fourth-order valence-corrected chi connectivity index (χ4v) is 3.13. The second kappa shape index (κ2) is 4.88. The molecular weight excluding hydrogens is 272 g/mol. The molecular formula is C19H16N2O. The van der Waals surface area contributed by atoms with Crippen molar-refractivity contribution in [1.82, 2.24) is 4.57 Å². The van der Waals surface area contributed by atoms with Gasteiger partial charge < -0.3 is 9.88 Å². The quantitative estimate of drug-likeness (QED) is 0.761. The minimum absolute atomic E-state index is 0.0395. The molecule has 108 valence electrons. The summed E-state index contributed by atoms with van der Waals surface area (Å²) in [4.78, 5) is 12.2. The number of aryl methyl sites for hydroxylation is 1. The van der Waals surface area contributed by atoms with Gasteiger partial charge in [0, 0.05) is 29.8 Å². The third-order valence-corrected chi connectivity index (χ3v) is 4.23. The first-order valence-electron chi connectivity index (χ1n) is 7.36. The molecule has 1 aliphatic heterocycles. The fraction of sp³-hybridized carbons (Fsp3) is 0.105. The van der Waals surface area contributed by atoms with E-state index in [0.29, 0.717) is 0 Å². The van der Waals surface area contributed by atoms with Crippen LogP contribution in [0.1, 0.15) is 17.0 Å². The summed E-state index contributed by atoms with van der Waals surface area (Å²) in [6.45, 7) is 0. The fourth-order valence-electron chi connectivity index (χ4n) is 3.13. The smallest absolute Gasteiger partial charge is 0.235 e. The van der Waals surface area contributed by atoms with E-state index in [2.05, 4.69) is 34.3 Å². The Morgan fingerprint density at radius 2 is 1.86 bits per heavy atom. The van der Waals surface area contributed by atoms with Gasteiger partial charge in [0.15, 0.2) is 0 Å². The number of carbonyl (C=O) groups excluding carboxylic acids is 1. The van der Waals surface area contributed by atoms with Crippen molar-refractivity contribution >= 4 is 28.6 Å². The number of hydrogen-bond donors (Lipinski definition) is 1. The highest BCUT2D eigenvalue weighted by molar-refractivity contribution is 6.04. The Morgan fingerprint density at radius 3 is 2.77 bits per heavy atom. The summed E-state index contributed by atoms with van der Waals surface area (Å²) >= 11 is 0. The van der Waals surface area contributed by atoms with E-state index >= 15 is 0 Å². The molecule has 3 aromatic rings. The minimum Gasteiger partial charge on any atom is -0.350 e. The average molecular weight is 288 g/mol. The van der Waals surface area contributed by atoms with Crippen LogP contribution in [0.15, 0.2) is 60.8 Å². The lowest BCUT2D eigenvalue weighted by Gasteiger charge is -2.01. The molecule has 4 rings (SSSR count). The molecule has 0 saturated carbocycles. The zero-order chi connectivity index (χ0) is 15.1. The molecule has 1 N–H and O–H groups in total. The SMILES string of the molecule is Cn1cc(/C=C/C2C(=O)Nc3ccccc32)c2ccccc21. The Labute approximate surface area is 128 Å². The van der Waals surface area contributed by atoms with Crippen LogP contribution in [-0.4, -0.2) is 10.5 Å². The number of carbonyl (C=O) groups is 1. The molecule has 0 fully saturated rings. The van der Waals surface area contributed by atoms with Crippen LogP contribution in [-0.2, 0) is 11.8 Å². The normalized spacial score (nSPS) is 17.1. The molecule has 22 heavy (non-hydrogen) atoms. The lowest BCUT2D eigenvalue weighted by molar-refractivity contribution is -0.116. The number of amides is 1. The van der Waals surface area contributed by atoms with Gasteiger partial charge >= 0.3 is 0 Å². The summed E-state index contributed by atoms with van der Waals surface area (Å²) in [5.74, 6) is -0.173. The first-order valence-corrected chi connectivity index (χ1v) is 7.36. The van der Waals surface area contributed by atoms with Crippen LogP contribution in [0.3, 0.4) is 0 Å². The number of rotatable bonds is 2. The lowest BCUT2D eigenvalue weighted by atomic mass is 9.99. The van der Waals surface area contributed by atoms with E-state index in [1.54, 1.807) is 0 Å². The third-order valence-electron chi connectivity index (χ3n) is 4.23. The Morgan fingerprint density at radius 1 is 1.09 bits per heavy atom. The summed E-state index contributed by atoms with van der Waals surface area (Å²) in [7, 11) is 2.04. The van der Waals surface area contributed by atoms with Crippen LogP contribution >= 0.6 is 0 Å².